The van der Waals surface area contributed by atoms with E-state index in [0.29, 0.717) is 6.54 Å². The molecule has 0 bridgehead atoms. The Hall–Kier alpha value is -1.85. The fraction of sp³-hybridized carbons (Fsp3) is 0.389. The molecule has 1 unspecified atom stereocenters. The minimum atomic E-state index is 0.492. The number of ether oxygens (including phenoxy) is 1. The van der Waals surface area contributed by atoms with Gasteiger partial charge in [0.2, 0.25) is 0 Å². The maximum atomic E-state index is 6.10. The van der Waals surface area contributed by atoms with Crippen LogP contribution in [0.1, 0.15) is 29.6 Å². The molecule has 4 nitrogen and oxygen atoms in total. The molecule has 2 aromatic heterocycles. The van der Waals surface area contributed by atoms with Gasteiger partial charge in [0, 0.05) is 22.7 Å². The van der Waals surface area contributed by atoms with Crippen molar-refractivity contribution >= 4 is 16.3 Å². The number of nitrogens with zero attached hydrogens (tertiary/aromatic N) is 2. The highest BCUT2D eigenvalue weighted by atomic mass is 32.1. The summed E-state index contributed by atoms with van der Waals surface area (Å²) in [5.41, 5.74) is 10.7. The molecule has 3 aromatic rings. The molecule has 0 aliphatic heterocycles. The summed E-state index contributed by atoms with van der Waals surface area (Å²) in [5.74, 6) is 1.61. The third-order valence-corrected chi connectivity index (χ3v) is 5.80. The zero-order valence-corrected chi connectivity index (χ0v) is 14.3. The Balaban J connectivity index is 1.90. The summed E-state index contributed by atoms with van der Waals surface area (Å²) in [4.78, 5) is 7.46. The van der Waals surface area contributed by atoms with E-state index in [1.54, 1.807) is 7.11 Å². The Morgan fingerprint density at radius 3 is 3.09 bits per heavy atom. The number of benzene rings is 1. The van der Waals surface area contributed by atoms with Crippen LogP contribution in [-0.2, 0) is 19.4 Å². The van der Waals surface area contributed by atoms with Gasteiger partial charge >= 0.3 is 0 Å². The number of hydrogen-bond donors (Lipinski definition) is 1. The van der Waals surface area contributed by atoms with Crippen molar-refractivity contribution in [2.75, 3.05) is 7.11 Å². The first-order valence-corrected chi connectivity index (χ1v) is 8.89. The lowest BCUT2D eigenvalue weighted by Gasteiger charge is -2.18. The topological polar surface area (TPSA) is 52.5 Å². The molecule has 1 aliphatic rings. The maximum absolute atomic E-state index is 6.10. The normalized spacial score (nSPS) is 17.4. The number of hydrogen-bond acceptors (Lipinski definition) is 4. The molecule has 0 saturated heterocycles. The van der Waals surface area contributed by atoms with Crippen LogP contribution in [0.2, 0.25) is 0 Å². The van der Waals surface area contributed by atoms with E-state index in [1.165, 1.54) is 23.4 Å². The smallest absolute Gasteiger partial charge is 0.194 e. The van der Waals surface area contributed by atoms with E-state index in [4.69, 9.17) is 15.5 Å². The molecule has 1 atom stereocenters. The van der Waals surface area contributed by atoms with Gasteiger partial charge in [0.25, 0.3) is 0 Å². The second-order valence-corrected chi connectivity index (χ2v) is 7.34. The molecule has 2 N–H and O–H groups in total. The zero-order valence-electron chi connectivity index (χ0n) is 13.5. The van der Waals surface area contributed by atoms with E-state index in [1.807, 2.05) is 29.5 Å². The van der Waals surface area contributed by atoms with E-state index in [-0.39, 0.29) is 0 Å². The Bertz CT molecular complexity index is 865. The highest BCUT2D eigenvalue weighted by Gasteiger charge is 2.24. The van der Waals surface area contributed by atoms with Crippen LogP contribution in [0.3, 0.4) is 0 Å². The van der Waals surface area contributed by atoms with Crippen LogP contribution in [0.15, 0.2) is 24.3 Å². The number of aryl methyl sites for hydroxylation is 1. The number of fused-ring (bicyclic) bond motifs is 3. The standard InChI is InChI=1S/C18H21N3OS/c1-11-6-7-14-16(8-11)23-18-20-17(15(10-19)21(14)18)12-4-3-5-13(9-12)22-2/h3-5,9,11H,6-8,10,19H2,1-2H3. The van der Waals surface area contributed by atoms with Gasteiger partial charge in [0.15, 0.2) is 4.96 Å². The van der Waals surface area contributed by atoms with Crippen molar-refractivity contribution in [1.82, 2.24) is 9.38 Å². The minimum Gasteiger partial charge on any atom is -0.497 e. The number of thiazole rings is 1. The number of imidazole rings is 1. The number of rotatable bonds is 3. The van der Waals surface area contributed by atoms with Crippen LogP contribution < -0.4 is 10.5 Å². The summed E-state index contributed by atoms with van der Waals surface area (Å²) >= 11 is 1.82. The Labute approximate surface area is 139 Å². The van der Waals surface area contributed by atoms with E-state index in [0.717, 1.165) is 40.0 Å². The van der Waals surface area contributed by atoms with Crippen molar-refractivity contribution in [3.05, 3.63) is 40.5 Å². The number of aromatic nitrogens is 2. The van der Waals surface area contributed by atoms with Gasteiger partial charge < -0.3 is 10.5 Å². The van der Waals surface area contributed by atoms with Crippen molar-refractivity contribution in [2.24, 2.45) is 11.7 Å². The van der Waals surface area contributed by atoms with E-state index in [2.05, 4.69) is 17.4 Å². The van der Waals surface area contributed by atoms with Crippen LogP contribution in [-0.4, -0.2) is 16.5 Å². The first kappa shape index (κ1) is 14.7. The zero-order chi connectivity index (χ0) is 16.0. The molecular formula is C18H21N3OS. The Morgan fingerprint density at radius 1 is 1.43 bits per heavy atom. The van der Waals surface area contributed by atoms with Crippen LogP contribution >= 0.6 is 11.3 Å². The van der Waals surface area contributed by atoms with Crippen LogP contribution in [0, 0.1) is 5.92 Å². The quantitative estimate of drug-likeness (QED) is 0.799. The largest absolute Gasteiger partial charge is 0.497 e. The van der Waals surface area contributed by atoms with E-state index in [9.17, 15) is 0 Å². The lowest BCUT2D eigenvalue weighted by atomic mass is 9.93. The van der Waals surface area contributed by atoms with Gasteiger partial charge in [0.1, 0.15) is 5.75 Å². The minimum absolute atomic E-state index is 0.492. The summed E-state index contributed by atoms with van der Waals surface area (Å²) in [6.45, 7) is 2.82. The van der Waals surface area contributed by atoms with Gasteiger partial charge in [-0.25, -0.2) is 4.98 Å². The fourth-order valence-electron chi connectivity index (χ4n) is 3.47. The SMILES string of the molecule is COc1cccc(-c2nc3sc4c(n3c2CN)CCC(C)C4)c1. The molecule has 0 amide bonds. The lowest BCUT2D eigenvalue weighted by Crippen LogP contribution is -2.13. The van der Waals surface area contributed by atoms with Crippen molar-refractivity contribution in [1.29, 1.82) is 0 Å². The predicted molar refractivity (Wildman–Crippen MR) is 94.1 cm³/mol. The Kier molecular flexibility index (Phi) is 3.62. The molecule has 1 aromatic carbocycles. The van der Waals surface area contributed by atoms with Gasteiger partial charge in [-0.1, -0.05) is 19.1 Å². The maximum Gasteiger partial charge on any atom is 0.194 e. The van der Waals surface area contributed by atoms with Crippen molar-refractivity contribution in [3.63, 3.8) is 0 Å². The molecular weight excluding hydrogens is 306 g/mol. The third-order valence-electron chi connectivity index (χ3n) is 4.69. The third kappa shape index (κ3) is 2.35. The predicted octanol–water partition coefficient (Wildman–Crippen LogP) is 3.65. The average molecular weight is 327 g/mol. The van der Waals surface area contributed by atoms with Crippen LogP contribution in [0.25, 0.3) is 16.2 Å². The molecule has 0 spiro atoms. The Morgan fingerprint density at radius 2 is 2.30 bits per heavy atom. The first-order valence-electron chi connectivity index (χ1n) is 8.07. The molecule has 120 valence electrons. The van der Waals surface area contributed by atoms with Crippen molar-refractivity contribution in [2.45, 2.75) is 32.7 Å². The van der Waals surface area contributed by atoms with Crippen molar-refractivity contribution in [3.8, 4) is 17.0 Å². The van der Waals surface area contributed by atoms with E-state index < -0.39 is 0 Å². The molecule has 1 aliphatic carbocycles. The summed E-state index contributed by atoms with van der Waals surface area (Å²) in [6.07, 6.45) is 3.54. The second-order valence-electron chi connectivity index (χ2n) is 6.28. The summed E-state index contributed by atoms with van der Waals surface area (Å²) in [7, 11) is 1.69. The molecule has 5 heteroatoms. The van der Waals surface area contributed by atoms with E-state index >= 15 is 0 Å². The summed E-state index contributed by atoms with van der Waals surface area (Å²) in [5, 5.41) is 0. The first-order chi connectivity index (χ1) is 11.2. The van der Waals surface area contributed by atoms with Crippen LogP contribution in [0.5, 0.6) is 5.75 Å². The molecule has 2 heterocycles. The molecule has 0 radical (unpaired) electrons. The summed E-state index contributed by atoms with van der Waals surface area (Å²) in [6, 6.07) is 8.05. The highest BCUT2D eigenvalue weighted by Crippen LogP contribution is 2.36. The van der Waals surface area contributed by atoms with Gasteiger partial charge in [0.05, 0.1) is 18.5 Å². The monoisotopic (exact) mass is 327 g/mol. The number of nitrogens with two attached hydrogens (primary N) is 1. The summed E-state index contributed by atoms with van der Waals surface area (Å²) < 4.78 is 7.65. The fourth-order valence-corrected chi connectivity index (χ4v) is 4.82. The van der Waals surface area contributed by atoms with Gasteiger partial charge in [-0.3, -0.25) is 4.40 Å². The molecule has 23 heavy (non-hydrogen) atoms. The van der Waals surface area contributed by atoms with Crippen molar-refractivity contribution < 1.29 is 4.74 Å². The van der Waals surface area contributed by atoms with Gasteiger partial charge in [-0.2, -0.15) is 0 Å². The molecule has 0 fully saturated rings. The second kappa shape index (κ2) is 5.65. The molecule has 4 rings (SSSR count). The van der Waals surface area contributed by atoms with Gasteiger partial charge in [-0.05, 0) is 37.3 Å². The average Bonchev–Trinajstić information content (AvgIpc) is 3.09. The highest BCUT2D eigenvalue weighted by molar-refractivity contribution is 7.17. The lowest BCUT2D eigenvalue weighted by molar-refractivity contribution is 0.415. The van der Waals surface area contributed by atoms with Crippen LogP contribution in [0.4, 0.5) is 0 Å². The number of methoxy groups -OCH3 is 1. The molecule has 0 saturated carbocycles. The van der Waals surface area contributed by atoms with Gasteiger partial charge in [-0.15, -0.1) is 11.3 Å².